The number of methoxy groups -OCH3 is 1. The summed E-state index contributed by atoms with van der Waals surface area (Å²) in [4.78, 5) is 13.4. The van der Waals surface area contributed by atoms with Gasteiger partial charge in [0.25, 0.3) is 0 Å². The van der Waals surface area contributed by atoms with Crippen molar-refractivity contribution < 1.29 is 19.1 Å². The Hall–Kier alpha value is -1.85. The highest BCUT2D eigenvalue weighted by Crippen LogP contribution is 2.73. The Labute approximate surface area is 159 Å². The van der Waals surface area contributed by atoms with Crippen LogP contribution in [0.5, 0.6) is 0 Å². The van der Waals surface area contributed by atoms with Gasteiger partial charge in [-0.1, -0.05) is 24.3 Å². The molecule has 1 aliphatic carbocycles. The quantitative estimate of drug-likeness (QED) is 0.452. The second-order valence-corrected chi connectivity index (χ2v) is 9.48. The average Bonchev–Trinajstić information content (AvgIpc) is 3.13. The van der Waals surface area contributed by atoms with Gasteiger partial charge in [0.1, 0.15) is 18.6 Å². The molecule has 5 nitrogen and oxygen atoms in total. The minimum absolute atomic E-state index is 0.0823. The van der Waals surface area contributed by atoms with Crippen LogP contribution in [0.15, 0.2) is 35.9 Å². The van der Waals surface area contributed by atoms with Gasteiger partial charge >= 0.3 is 5.97 Å². The van der Waals surface area contributed by atoms with Crippen LogP contribution < -0.4 is 5.32 Å². The summed E-state index contributed by atoms with van der Waals surface area (Å²) in [6.45, 7) is 3.05. The van der Waals surface area contributed by atoms with E-state index in [0.717, 1.165) is 29.6 Å². The van der Waals surface area contributed by atoms with Crippen molar-refractivity contribution in [3.8, 4) is 0 Å². The molecule has 6 unspecified atom stereocenters. The number of piperidine rings is 4. The van der Waals surface area contributed by atoms with E-state index >= 15 is 0 Å². The molecule has 1 spiro atoms. The predicted octanol–water partition coefficient (Wildman–Crippen LogP) is 1.82. The molecule has 1 saturated carbocycles. The van der Waals surface area contributed by atoms with Gasteiger partial charge in [-0.15, -0.1) is 0 Å². The number of ether oxygens (including phenoxy) is 1. The summed E-state index contributed by atoms with van der Waals surface area (Å²) in [6, 6.07) is 9.05. The molecule has 5 bridgehead atoms. The molecule has 0 aromatic heterocycles. The Morgan fingerprint density at radius 1 is 1.41 bits per heavy atom. The first kappa shape index (κ1) is 16.1. The lowest BCUT2D eigenvalue weighted by molar-refractivity contribution is -0.975. The molecular formula is C22H27N2O3+. The van der Waals surface area contributed by atoms with Gasteiger partial charge in [-0.2, -0.15) is 0 Å². The summed E-state index contributed by atoms with van der Waals surface area (Å²) < 4.78 is 6.24. The molecule has 5 fully saturated rings. The molecule has 2 N–H and O–H groups in total. The van der Waals surface area contributed by atoms with Crippen molar-refractivity contribution in [3.63, 3.8) is 0 Å². The third kappa shape index (κ3) is 1.37. The molecule has 142 valence electrons. The Balaban J connectivity index is 1.68. The monoisotopic (exact) mass is 367 g/mol. The van der Waals surface area contributed by atoms with E-state index in [0.29, 0.717) is 6.04 Å². The van der Waals surface area contributed by atoms with Gasteiger partial charge in [0.15, 0.2) is 5.41 Å². The number of para-hydroxylation sites is 1. The maximum Gasteiger partial charge on any atom is 0.321 e. The van der Waals surface area contributed by atoms with Crippen LogP contribution in [0.4, 0.5) is 5.69 Å². The largest absolute Gasteiger partial charge is 0.468 e. The van der Waals surface area contributed by atoms with Crippen LogP contribution in [0, 0.1) is 11.3 Å². The topological polar surface area (TPSA) is 58.6 Å². The zero-order valence-corrected chi connectivity index (χ0v) is 16.1. The number of hydrogen-bond donors (Lipinski definition) is 2. The molecule has 5 aliphatic heterocycles. The number of nitrogens with one attached hydrogen (secondary N) is 1. The minimum Gasteiger partial charge on any atom is -0.468 e. The van der Waals surface area contributed by atoms with Gasteiger partial charge in [0.05, 0.1) is 31.7 Å². The second kappa shape index (κ2) is 4.58. The number of carbonyl (C=O) groups is 1. The number of quaternary nitrogens is 1. The Morgan fingerprint density at radius 2 is 2.19 bits per heavy atom. The van der Waals surface area contributed by atoms with E-state index in [1.165, 1.54) is 18.2 Å². The van der Waals surface area contributed by atoms with Crippen LogP contribution >= 0.6 is 0 Å². The maximum absolute atomic E-state index is 13.4. The molecule has 0 radical (unpaired) electrons. The summed E-state index contributed by atoms with van der Waals surface area (Å²) >= 11 is 0. The molecule has 8 atom stereocenters. The number of aliphatic hydroxyl groups excluding tert-OH is 1. The zero-order valence-electron chi connectivity index (χ0n) is 16.1. The lowest BCUT2D eigenvalue weighted by Crippen LogP contribution is -2.79. The SMILES string of the molecule is C/C=C1\C[N+]2(C)C3CC1[C@@]1(C(=O)OC)C(O)[C@]4(CC12)c1ccccc1NC34. The molecule has 27 heavy (non-hydrogen) atoms. The fourth-order valence-corrected chi connectivity index (χ4v) is 8.23. The van der Waals surface area contributed by atoms with Crippen LogP contribution in [0.2, 0.25) is 0 Å². The normalized spacial score (nSPS) is 51.9. The summed E-state index contributed by atoms with van der Waals surface area (Å²) in [6.07, 6.45) is 3.23. The van der Waals surface area contributed by atoms with E-state index in [4.69, 9.17) is 4.74 Å². The number of anilines is 1. The molecule has 1 aromatic carbocycles. The van der Waals surface area contributed by atoms with Gasteiger partial charge in [-0.25, -0.2) is 0 Å². The van der Waals surface area contributed by atoms with Crippen LogP contribution in [0.25, 0.3) is 0 Å². The van der Waals surface area contributed by atoms with Crippen molar-refractivity contribution in [2.45, 2.75) is 49.4 Å². The number of fused-ring (bicyclic) bond motifs is 2. The Bertz CT molecular complexity index is 913. The molecule has 6 aliphatic rings. The van der Waals surface area contributed by atoms with Crippen LogP contribution in [-0.4, -0.2) is 60.5 Å². The number of allylic oxidation sites excluding steroid dienone is 1. The number of esters is 1. The lowest BCUT2D eigenvalue weighted by atomic mass is 9.57. The fraction of sp³-hybridized carbons (Fsp3) is 0.591. The number of nitrogens with zero attached hydrogens (tertiary/aromatic N) is 1. The molecule has 4 saturated heterocycles. The van der Waals surface area contributed by atoms with Crippen molar-refractivity contribution in [2.24, 2.45) is 11.3 Å². The molecule has 5 heterocycles. The minimum atomic E-state index is -0.839. The Morgan fingerprint density at radius 3 is 2.93 bits per heavy atom. The number of benzene rings is 1. The highest BCUT2D eigenvalue weighted by molar-refractivity contribution is 5.83. The van der Waals surface area contributed by atoms with Crippen LogP contribution in [-0.2, 0) is 14.9 Å². The number of hydrogen-bond acceptors (Lipinski definition) is 4. The van der Waals surface area contributed by atoms with E-state index in [1.807, 2.05) is 6.07 Å². The lowest BCUT2D eigenvalue weighted by Gasteiger charge is -2.64. The number of aliphatic hydroxyl groups is 1. The van der Waals surface area contributed by atoms with E-state index in [1.54, 1.807) is 0 Å². The van der Waals surface area contributed by atoms with Gasteiger partial charge < -0.3 is 19.6 Å². The standard InChI is InChI=1S/C22H27N2O3/c1-4-12-11-24(2)16-9-14(12)22(20(26)27-3)17(24)10-21(19(22)25)13-7-5-6-8-15(13)23-18(16)21/h4-8,14,16-19,23,25H,9-11H2,1-3H3/q+1/b12-4+/t14?,16?,17?,18?,19?,21-,22+,24?/m1/s1. The molecule has 0 amide bonds. The smallest absolute Gasteiger partial charge is 0.321 e. The molecule has 7 rings (SSSR count). The first-order valence-corrected chi connectivity index (χ1v) is 10.1. The van der Waals surface area contributed by atoms with E-state index in [-0.39, 0.29) is 24.0 Å². The number of likely N-dealkylation sites (N-methyl/N-ethyl adjacent to an activating group) is 1. The third-order valence-electron chi connectivity index (χ3n) is 9.11. The first-order valence-electron chi connectivity index (χ1n) is 10.1. The summed E-state index contributed by atoms with van der Waals surface area (Å²) in [5.74, 6) is -0.132. The van der Waals surface area contributed by atoms with Gasteiger partial charge in [-0.05, 0) is 24.1 Å². The Kier molecular flexibility index (Phi) is 2.74. The second-order valence-electron chi connectivity index (χ2n) is 9.48. The molecular weight excluding hydrogens is 340 g/mol. The van der Waals surface area contributed by atoms with Crippen LogP contribution in [0.3, 0.4) is 0 Å². The summed E-state index contributed by atoms with van der Waals surface area (Å²) in [5, 5.41) is 15.8. The van der Waals surface area contributed by atoms with Crippen molar-refractivity contribution in [1.29, 1.82) is 0 Å². The van der Waals surface area contributed by atoms with Gasteiger partial charge in [-0.3, -0.25) is 4.79 Å². The highest BCUT2D eigenvalue weighted by Gasteiger charge is 2.87. The van der Waals surface area contributed by atoms with Crippen molar-refractivity contribution in [2.75, 3.05) is 26.0 Å². The highest BCUT2D eigenvalue weighted by atomic mass is 16.5. The maximum atomic E-state index is 13.4. The molecule has 5 heteroatoms. The predicted molar refractivity (Wildman–Crippen MR) is 101 cm³/mol. The van der Waals surface area contributed by atoms with E-state index in [2.05, 4.69) is 43.6 Å². The van der Waals surface area contributed by atoms with E-state index in [9.17, 15) is 9.90 Å². The molecule has 1 aromatic rings. The van der Waals surface area contributed by atoms with Gasteiger partial charge in [0, 0.05) is 24.4 Å². The van der Waals surface area contributed by atoms with Crippen LogP contribution in [0.1, 0.15) is 25.3 Å². The van der Waals surface area contributed by atoms with E-state index < -0.39 is 16.9 Å². The summed E-state index contributed by atoms with van der Waals surface area (Å²) in [7, 11) is 3.78. The van der Waals surface area contributed by atoms with Gasteiger partial charge in [0.2, 0.25) is 0 Å². The fourth-order valence-electron chi connectivity index (χ4n) is 8.23. The van der Waals surface area contributed by atoms with Crippen molar-refractivity contribution >= 4 is 11.7 Å². The third-order valence-corrected chi connectivity index (χ3v) is 9.11. The number of carbonyl (C=O) groups excluding carboxylic acids is 1. The van der Waals surface area contributed by atoms with Crippen molar-refractivity contribution in [1.82, 2.24) is 0 Å². The average molecular weight is 367 g/mol. The van der Waals surface area contributed by atoms with Crippen molar-refractivity contribution in [3.05, 3.63) is 41.5 Å². The number of rotatable bonds is 1. The first-order chi connectivity index (χ1) is 13.0. The zero-order chi connectivity index (χ0) is 18.8. The summed E-state index contributed by atoms with van der Waals surface area (Å²) in [5.41, 5.74) is 2.41.